The minimum atomic E-state index is -0.381. The summed E-state index contributed by atoms with van der Waals surface area (Å²) >= 11 is 0. The Hall–Kier alpha value is -1.06. The fourth-order valence-corrected chi connectivity index (χ4v) is 3.06. The molecule has 3 nitrogen and oxygen atoms in total. The molecule has 3 heteroatoms. The number of rotatable bonds is 6. The van der Waals surface area contributed by atoms with Gasteiger partial charge in [0.15, 0.2) is 0 Å². The number of nitrogens with two attached hydrogens (primary N) is 1. The molecule has 0 saturated heterocycles. The summed E-state index contributed by atoms with van der Waals surface area (Å²) in [6, 6.07) is 8.17. The van der Waals surface area contributed by atoms with Crippen LogP contribution in [-0.2, 0) is 6.42 Å². The zero-order valence-corrected chi connectivity index (χ0v) is 11.8. The maximum Gasteiger partial charge on any atom is 0.122 e. The Labute approximate surface area is 115 Å². The van der Waals surface area contributed by atoms with E-state index in [1.54, 1.807) is 0 Å². The monoisotopic (exact) mass is 263 g/mol. The molecule has 106 valence electrons. The molecule has 0 radical (unpaired) electrons. The number of ether oxygens (including phenoxy) is 1. The van der Waals surface area contributed by atoms with E-state index >= 15 is 0 Å². The van der Waals surface area contributed by atoms with Crippen molar-refractivity contribution in [1.29, 1.82) is 0 Å². The first-order valence-electron chi connectivity index (χ1n) is 7.30. The van der Waals surface area contributed by atoms with E-state index in [4.69, 9.17) is 10.5 Å². The third-order valence-electron chi connectivity index (χ3n) is 4.38. The number of para-hydroxylation sites is 1. The maximum atomic E-state index is 9.43. The molecule has 1 saturated carbocycles. The minimum Gasteiger partial charge on any atom is -0.493 e. The summed E-state index contributed by atoms with van der Waals surface area (Å²) in [5.41, 5.74) is 7.10. The van der Waals surface area contributed by atoms with Gasteiger partial charge in [-0.15, -0.1) is 0 Å². The second kappa shape index (κ2) is 6.40. The zero-order chi connectivity index (χ0) is 13.7. The SMILES string of the molecule is CCc1ccccc1OCCC1CCCC1(N)CO. The quantitative estimate of drug-likeness (QED) is 0.829. The van der Waals surface area contributed by atoms with Crippen LogP contribution in [0.5, 0.6) is 5.75 Å². The lowest BCUT2D eigenvalue weighted by atomic mass is 9.87. The van der Waals surface area contributed by atoms with E-state index in [2.05, 4.69) is 13.0 Å². The average Bonchev–Trinajstić information content (AvgIpc) is 2.81. The smallest absolute Gasteiger partial charge is 0.122 e. The molecule has 1 aliphatic carbocycles. The molecule has 2 unspecified atom stereocenters. The summed E-state index contributed by atoms with van der Waals surface area (Å²) in [7, 11) is 0. The van der Waals surface area contributed by atoms with E-state index in [-0.39, 0.29) is 12.1 Å². The first-order chi connectivity index (χ1) is 9.19. The highest BCUT2D eigenvalue weighted by molar-refractivity contribution is 5.33. The molecule has 1 aliphatic rings. The van der Waals surface area contributed by atoms with Gasteiger partial charge in [0.1, 0.15) is 5.75 Å². The number of aryl methyl sites for hydroxylation is 1. The fraction of sp³-hybridized carbons (Fsp3) is 0.625. The summed E-state index contributed by atoms with van der Waals surface area (Å²) in [6.07, 6.45) is 5.06. The van der Waals surface area contributed by atoms with Gasteiger partial charge >= 0.3 is 0 Å². The molecule has 0 amide bonds. The first-order valence-corrected chi connectivity index (χ1v) is 7.30. The Morgan fingerprint density at radius 2 is 2.21 bits per heavy atom. The standard InChI is InChI=1S/C16H25NO2/c1-2-13-6-3-4-8-15(13)19-11-9-14-7-5-10-16(14,17)12-18/h3-4,6,8,14,18H,2,5,7,9-12,17H2,1H3. The maximum absolute atomic E-state index is 9.43. The summed E-state index contributed by atoms with van der Waals surface area (Å²) in [5, 5.41) is 9.43. The Bertz CT molecular complexity index is 407. The number of benzene rings is 1. The van der Waals surface area contributed by atoms with Crippen LogP contribution in [0.2, 0.25) is 0 Å². The van der Waals surface area contributed by atoms with Gasteiger partial charge in [0.05, 0.1) is 13.2 Å². The molecule has 0 aromatic heterocycles. The molecule has 1 fully saturated rings. The van der Waals surface area contributed by atoms with E-state index in [0.29, 0.717) is 12.5 Å². The van der Waals surface area contributed by atoms with Crippen molar-refractivity contribution < 1.29 is 9.84 Å². The Morgan fingerprint density at radius 1 is 1.42 bits per heavy atom. The molecule has 2 atom stereocenters. The van der Waals surface area contributed by atoms with Crippen LogP contribution < -0.4 is 10.5 Å². The number of hydrogen-bond acceptors (Lipinski definition) is 3. The predicted molar refractivity (Wildman–Crippen MR) is 77.3 cm³/mol. The van der Waals surface area contributed by atoms with Gasteiger partial charge < -0.3 is 15.6 Å². The van der Waals surface area contributed by atoms with Gasteiger partial charge in [-0.25, -0.2) is 0 Å². The highest BCUT2D eigenvalue weighted by atomic mass is 16.5. The number of aliphatic hydroxyl groups excluding tert-OH is 1. The molecule has 2 rings (SSSR count). The van der Waals surface area contributed by atoms with E-state index in [1.807, 2.05) is 18.2 Å². The molecule has 1 aromatic carbocycles. The third-order valence-corrected chi connectivity index (χ3v) is 4.38. The van der Waals surface area contributed by atoms with Crippen LogP contribution in [0.1, 0.15) is 38.2 Å². The lowest BCUT2D eigenvalue weighted by Crippen LogP contribution is -2.47. The zero-order valence-electron chi connectivity index (χ0n) is 11.8. The van der Waals surface area contributed by atoms with Crippen LogP contribution in [0.15, 0.2) is 24.3 Å². The summed E-state index contributed by atoms with van der Waals surface area (Å²) in [4.78, 5) is 0. The van der Waals surface area contributed by atoms with Gasteiger partial charge in [0.25, 0.3) is 0 Å². The summed E-state index contributed by atoms with van der Waals surface area (Å²) in [5.74, 6) is 1.36. The second-order valence-corrected chi connectivity index (χ2v) is 5.58. The van der Waals surface area contributed by atoms with Crippen molar-refractivity contribution in [2.75, 3.05) is 13.2 Å². The predicted octanol–water partition coefficient (Wildman–Crippen LogP) is 2.51. The second-order valence-electron chi connectivity index (χ2n) is 5.58. The summed E-state index contributed by atoms with van der Waals surface area (Å²) in [6.45, 7) is 2.90. The van der Waals surface area contributed by atoms with Crippen molar-refractivity contribution >= 4 is 0 Å². The van der Waals surface area contributed by atoms with Gasteiger partial charge in [-0.2, -0.15) is 0 Å². The van der Waals surface area contributed by atoms with Crippen molar-refractivity contribution in [3.8, 4) is 5.75 Å². The molecule has 1 aromatic rings. The fourth-order valence-electron chi connectivity index (χ4n) is 3.06. The van der Waals surface area contributed by atoms with Crippen molar-refractivity contribution in [2.24, 2.45) is 11.7 Å². The van der Waals surface area contributed by atoms with Crippen molar-refractivity contribution in [3.05, 3.63) is 29.8 Å². The van der Waals surface area contributed by atoms with Crippen molar-refractivity contribution in [2.45, 2.75) is 44.6 Å². The Kier molecular flexibility index (Phi) is 4.83. The number of hydrogen-bond donors (Lipinski definition) is 2. The van der Waals surface area contributed by atoms with Crippen LogP contribution >= 0.6 is 0 Å². The molecule has 0 bridgehead atoms. The van der Waals surface area contributed by atoms with Crippen molar-refractivity contribution in [3.63, 3.8) is 0 Å². The molecular weight excluding hydrogens is 238 g/mol. The molecule has 19 heavy (non-hydrogen) atoms. The van der Waals surface area contributed by atoms with Crippen LogP contribution in [0.25, 0.3) is 0 Å². The van der Waals surface area contributed by atoms with Gasteiger partial charge in [0, 0.05) is 5.54 Å². The lowest BCUT2D eigenvalue weighted by molar-refractivity contribution is 0.143. The van der Waals surface area contributed by atoms with E-state index in [9.17, 15) is 5.11 Å². The Balaban J connectivity index is 1.86. The molecule has 0 spiro atoms. The Morgan fingerprint density at radius 3 is 2.95 bits per heavy atom. The van der Waals surface area contributed by atoms with Gasteiger partial charge in [0.2, 0.25) is 0 Å². The van der Waals surface area contributed by atoms with Crippen LogP contribution in [0.4, 0.5) is 0 Å². The highest BCUT2D eigenvalue weighted by Gasteiger charge is 2.38. The molecule has 3 N–H and O–H groups in total. The van der Waals surface area contributed by atoms with Crippen LogP contribution in [-0.4, -0.2) is 23.9 Å². The largest absolute Gasteiger partial charge is 0.493 e. The number of aliphatic hydroxyl groups is 1. The lowest BCUT2D eigenvalue weighted by Gasteiger charge is -2.29. The topological polar surface area (TPSA) is 55.5 Å². The van der Waals surface area contributed by atoms with Gasteiger partial charge in [-0.3, -0.25) is 0 Å². The first kappa shape index (κ1) is 14.4. The average molecular weight is 263 g/mol. The van der Waals surface area contributed by atoms with E-state index in [1.165, 1.54) is 5.56 Å². The van der Waals surface area contributed by atoms with Gasteiger partial charge in [-0.1, -0.05) is 31.5 Å². The highest BCUT2D eigenvalue weighted by Crippen LogP contribution is 2.35. The normalized spacial score (nSPS) is 26.6. The van der Waals surface area contributed by atoms with Crippen LogP contribution in [0.3, 0.4) is 0 Å². The molecule has 0 heterocycles. The van der Waals surface area contributed by atoms with Crippen molar-refractivity contribution in [1.82, 2.24) is 0 Å². The molecular formula is C16H25NO2. The van der Waals surface area contributed by atoms with E-state index < -0.39 is 0 Å². The molecule has 0 aliphatic heterocycles. The van der Waals surface area contributed by atoms with E-state index in [0.717, 1.165) is 37.9 Å². The van der Waals surface area contributed by atoms with Gasteiger partial charge in [-0.05, 0) is 43.2 Å². The minimum absolute atomic E-state index is 0.0865. The third kappa shape index (κ3) is 3.28. The summed E-state index contributed by atoms with van der Waals surface area (Å²) < 4.78 is 5.89. The van der Waals surface area contributed by atoms with Crippen LogP contribution in [0, 0.1) is 5.92 Å².